The molecule has 0 unspecified atom stereocenters. The molecule has 0 spiro atoms. The molecule has 0 atom stereocenters. The first kappa shape index (κ1) is 23.6. The molecule has 1 saturated carbocycles. The quantitative estimate of drug-likeness (QED) is 0.535. The van der Waals surface area contributed by atoms with Gasteiger partial charge in [-0.15, -0.1) is 0 Å². The van der Waals surface area contributed by atoms with Crippen molar-refractivity contribution in [1.82, 2.24) is 10.6 Å². The van der Waals surface area contributed by atoms with Gasteiger partial charge in [0.25, 0.3) is 5.91 Å². The minimum absolute atomic E-state index is 0.0513. The van der Waals surface area contributed by atoms with Crippen molar-refractivity contribution in [3.63, 3.8) is 0 Å². The number of hydrogen-bond acceptors (Lipinski definition) is 3. The third kappa shape index (κ3) is 4.47. The largest absolute Gasteiger partial charge is 0.489 e. The summed E-state index contributed by atoms with van der Waals surface area (Å²) in [7, 11) is 0. The van der Waals surface area contributed by atoms with E-state index in [-0.39, 0.29) is 28.9 Å². The van der Waals surface area contributed by atoms with Gasteiger partial charge >= 0.3 is 0 Å². The average Bonchev–Trinajstić information content (AvgIpc) is 2.81. The van der Waals surface area contributed by atoms with Gasteiger partial charge in [-0.1, -0.05) is 57.5 Å². The molecular formula is C27H32ClN3O2. The van der Waals surface area contributed by atoms with Crippen molar-refractivity contribution in [1.29, 1.82) is 0 Å². The van der Waals surface area contributed by atoms with Crippen LogP contribution in [-0.4, -0.2) is 31.1 Å². The van der Waals surface area contributed by atoms with E-state index >= 15 is 0 Å². The van der Waals surface area contributed by atoms with Crippen LogP contribution in [0.25, 0.3) is 4.85 Å². The summed E-state index contributed by atoms with van der Waals surface area (Å²) in [5.41, 5.74) is 1.85. The highest BCUT2D eigenvalue weighted by atomic mass is 35.5. The number of benzene rings is 2. The molecule has 0 radical (unpaired) electrons. The van der Waals surface area contributed by atoms with Crippen LogP contribution < -0.4 is 15.4 Å². The standard InChI is InChI=1S/C27H32ClN3O2/c1-26(2)24(27(3,4)25(26)33-20-10-11-22(29-5)21(28)16-20)31-23(32)19-8-6-17(7-9-19)18-12-14-30-15-13-18/h6-11,16,18,24-25,30H,12-15H2,1-4H3,(H,31,32). The van der Waals surface area contributed by atoms with Crippen LogP contribution in [0.3, 0.4) is 0 Å². The van der Waals surface area contributed by atoms with Crippen molar-refractivity contribution in [3.05, 3.63) is 70.0 Å². The molecule has 4 rings (SSSR count). The number of amides is 1. The first-order valence-corrected chi connectivity index (χ1v) is 12.0. The summed E-state index contributed by atoms with van der Waals surface area (Å²) in [4.78, 5) is 16.5. The van der Waals surface area contributed by atoms with E-state index in [1.807, 2.05) is 12.1 Å². The molecular weight excluding hydrogens is 434 g/mol. The molecule has 1 amide bonds. The second-order valence-electron chi connectivity index (χ2n) is 10.4. The molecule has 1 aliphatic heterocycles. The molecule has 2 aromatic rings. The second kappa shape index (κ2) is 9.00. The van der Waals surface area contributed by atoms with E-state index in [0.29, 0.717) is 27.9 Å². The van der Waals surface area contributed by atoms with E-state index in [9.17, 15) is 4.79 Å². The van der Waals surface area contributed by atoms with Crippen LogP contribution in [0.1, 0.15) is 62.4 Å². The third-order valence-corrected chi connectivity index (χ3v) is 7.69. The number of halogens is 1. The summed E-state index contributed by atoms with van der Waals surface area (Å²) in [5, 5.41) is 7.05. The first-order valence-electron chi connectivity index (χ1n) is 11.6. The van der Waals surface area contributed by atoms with Gasteiger partial charge < -0.3 is 15.4 Å². The topological polar surface area (TPSA) is 54.7 Å². The number of hydrogen-bond donors (Lipinski definition) is 2. The summed E-state index contributed by atoms with van der Waals surface area (Å²) < 4.78 is 6.32. The van der Waals surface area contributed by atoms with Crippen LogP contribution in [-0.2, 0) is 0 Å². The Labute approximate surface area is 201 Å². The van der Waals surface area contributed by atoms with Gasteiger partial charge in [0.05, 0.1) is 11.6 Å². The van der Waals surface area contributed by atoms with Gasteiger partial charge in [0.15, 0.2) is 0 Å². The van der Waals surface area contributed by atoms with Crippen molar-refractivity contribution in [2.24, 2.45) is 10.8 Å². The Morgan fingerprint density at radius 2 is 1.73 bits per heavy atom. The molecule has 0 aromatic heterocycles. The van der Waals surface area contributed by atoms with E-state index in [4.69, 9.17) is 22.9 Å². The Morgan fingerprint density at radius 3 is 2.30 bits per heavy atom. The van der Waals surface area contributed by atoms with Crippen LogP contribution in [0.15, 0.2) is 42.5 Å². The Kier molecular flexibility index (Phi) is 6.44. The van der Waals surface area contributed by atoms with E-state index in [1.165, 1.54) is 5.56 Å². The maximum absolute atomic E-state index is 13.1. The zero-order valence-electron chi connectivity index (χ0n) is 19.7. The van der Waals surface area contributed by atoms with Crippen molar-refractivity contribution in [2.45, 2.75) is 58.6 Å². The van der Waals surface area contributed by atoms with Crippen molar-refractivity contribution >= 4 is 23.2 Å². The van der Waals surface area contributed by atoms with Gasteiger partial charge in [-0.2, -0.15) is 0 Å². The maximum Gasteiger partial charge on any atom is 0.251 e. The van der Waals surface area contributed by atoms with E-state index in [0.717, 1.165) is 25.9 Å². The molecule has 33 heavy (non-hydrogen) atoms. The lowest BCUT2D eigenvalue weighted by molar-refractivity contribution is -0.164. The van der Waals surface area contributed by atoms with E-state index in [2.05, 4.69) is 55.3 Å². The van der Waals surface area contributed by atoms with Gasteiger partial charge in [0.1, 0.15) is 11.9 Å². The molecule has 2 aromatic carbocycles. The maximum atomic E-state index is 13.1. The number of nitrogens with zero attached hydrogens (tertiary/aromatic N) is 1. The second-order valence-corrected chi connectivity index (χ2v) is 10.8. The highest BCUT2D eigenvalue weighted by molar-refractivity contribution is 6.33. The number of nitrogens with one attached hydrogen (secondary N) is 2. The van der Waals surface area contributed by atoms with Gasteiger partial charge in [0, 0.05) is 22.4 Å². The number of carbonyl (C=O) groups is 1. The molecule has 6 heteroatoms. The number of rotatable bonds is 5. The predicted octanol–water partition coefficient (Wildman–Crippen LogP) is 5.97. The Morgan fingerprint density at radius 1 is 1.09 bits per heavy atom. The molecule has 1 saturated heterocycles. The molecule has 1 aliphatic carbocycles. The fourth-order valence-electron chi connectivity index (χ4n) is 5.86. The lowest BCUT2D eigenvalue weighted by Crippen LogP contribution is -2.74. The van der Waals surface area contributed by atoms with Crippen molar-refractivity contribution in [3.8, 4) is 5.75 Å². The fraction of sp³-hybridized carbons (Fsp3) is 0.481. The van der Waals surface area contributed by atoms with Gasteiger partial charge in [-0.25, -0.2) is 4.85 Å². The van der Waals surface area contributed by atoms with E-state index < -0.39 is 0 Å². The SMILES string of the molecule is [C-]#[N+]c1ccc(OC2C(C)(C)C(NC(=O)c3ccc(C4CCNCC4)cc3)C2(C)C)cc1Cl. The molecule has 2 aliphatic rings. The summed E-state index contributed by atoms with van der Waals surface area (Å²) >= 11 is 6.19. The van der Waals surface area contributed by atoms with Crippen LogP contribution in [0.4, 0.5) is 5.69 Å². The zero-order chi connectivity index (χ0) is 23.8. The highest BCUT2D eigenvalue weighted by Crippen LogP contribution is 2.55. The monoisotopic (exact) mass is 465 g/mol. The Hall–Kier alpha value is -2.55. The van der Waals surface area contributed by atoms with Crippen LogP contribution in [0, 0.1) is 17.4 Å². The molecule has 1 heterocycles. The number of ether oxygens (including phenoxy) is 1. The summed E-state index contributed by atoms with van der Waals surface area (Å²) in [6.07, 6.45) is 2.17. The average molecular weight is 466 g/mol. The smallest absolute Gasteiger partial charge is 0.251 e. The summed E-state index contributed by atoms with van der Waals surface area (Å²) in [5.74, 6) is 1.15. The minimum atomic E-state index is -0.279. The summed E-state index contributed by atoms with van der Waals surface area (Å²) in [6.45, 7) is 17.7. The minimum Gasteiger partial charge on any atom is -0.489 e. The molecule has 0 bridgehead atoms. The van der Waals surface area contributed by atoms with Crippen molar-refractivity contribution < 1.29 is 9.53 Å². The van der Waals surface area contributed by atoms with Crippen LogP contribution in [0.2, 0.25) is 5.02 Å². The molecule has 5 nitrogen and oxygen atoms in total. The molecule has 2 fully saturated rings. The van der Waals surface area contributed by atoms with Gasteiger partial charge in [0.2, 0.25) is 5.69 Å². The Bertz CT molecular complexity index is 1050. The lowest BCUT2D eigenvalue weighted by atomic mass is 9.49. The van der Waals surface area contributed by atoms with E-state index in [1.54, 1.807) is 18.2 Å². The highest BCUT2D eigenvalue weighted by Gasteiger charge is 2.64. The zero-order valence-corrected chi connectivity index (χ0v) is 20.5. The van der Waals surface area contributed by atoms with Crippen LogP contribution >= 0.6 is 11.6 Å². The molecule has 174 valence electrons. The number of piperidine rings is 1. The third-order valence-electron chi connectivity index (χ3n) is 7.39. The first-order chi connectivity index (χ1) is 15.6. The van der Waals surface area contributed by atoms with Crippen LogP contribution in [0.5, 0.6) is 5.75 Å². The lowest BCUT2D eigenvalue weighted by Gasteiger charge is -2.63. The summed E-state index contributed by atoms with van der Waals surface area (Å²) in [6, 6.07) is 13.2. The van der Waals surface area contributed by atoms with Gasteiger partial charge in [-0.3, -0.25) is 4.79 Å². The normalized spacial score (nSPS) is 23.8. The number of carbonyl (C=O) groups excluding carboxylic acids is 1. The Balaban J connectivity index is 1.43. The predicted molar refractivity (Wildman–Crippen MR) is 132 cm³/mol. The van der Waals surface area contributed by atoms with Crippen molar-refractivity contribution in [2.75, 3.05) is 13.1 Å². The molecule has 2 N–H and O–H groups in total. The fourth-order valence-corrected chi connectivity index (χ4v) is 6.08. The van der Waals surface area contributed by atoms with Gasteiger partial charge in [-0.05, 0) is 61.7 Å².